The lowest BCUT2D eigenvalue weighted by Gasteiger charge is -2.12. The van der Waals surface area contributed by atoms with Crippen LogP contribution in [0.2, 0.25) is 0 Å². The standard InChI is InChI=1S/C20H23N3S/c1-3-13-21-20-23(22-14-17-7-5-4-6-8-17)19(15-24-20)18-11-9-16(2)10-12-18/h3-5,9-12,14-15,17H,1,6-8,13H2,2H3. The van der Waals surface area contributed by atoms with E-state index in [-0.39, 0.29) is 0 Å². The number of hydrogen-bond acceptors (Lipinski definition) is 3. The maximum absolute atomic E-state index is 4.78. The fourth-order valence-electron chi connectivity index (χ4n) is 2.70. The summed E-state index contributed by atoms with van der Waals surface area (Å²) in [4.78, 5) is 5.50. The van der Waals surface area contributed by atoms with Gasteiger partial charge in [0.2, 0.25) is 4.80 Å². The van der Waals surface area contributed by atoms with Gasteiger partial charge in [-0.3, -0.25) is 4.99 Å². The highest BCUT2D eigenvalue weighted by atomic mass is 32.1. The molecule has 3 rings (SSSR count). The molecule has 1 aliphatic carbocycles. The topological polar surface area (TPSA) is 29.6 Å². The minimum absolute atomic E-state index is 0.514. The molecule has 0 radical (unpaired) electrons. The number of aryl methyl sites for hydroxylation is 1. The molecule has 0 saturated carbocycles. The second-order valence-electron chi connectivity index (χ2n) is 6.02. The number of thiazole rings is 1. The van der Waals surface area contributed by atoms with Crippen LogP contribution in [0.4, 0.5) is 0 Å². The first-order valence-electron chi connectivity index (χ1n) is 8.36. The zero-order valence-electron chi connectivity index (χ0n) is 14.1. The summed E-state index contributed by atoms with van der Waals surface area (Å²) in [5.41, 5.74) is 3.51. The molecule has 1 aromatic heterocycles. The van der Waals surface area contributed by atoms with Crippen LogP contribution in [0.5, 0.6) is 0 Å². The second-order valence-corrected chi connectivity index (χ2v) is 6.86. The predicted molar refractivity (Wildman–Crippen MR) is 103 cm³/mol. The molecular weight excluding hydrogens is 314 g/mol. The number of benzene rings is 1. The summed E-state index contributed by atoms with van der Waals surface area (Å²) in [7, 11) is 0. The zero-order valence-corrected chi connectivity index (χ0v) is 14.9. The number of nitrogens with zero attached hydrogens (tertiary/aromatic N) is 3. The van der Waals surface area contributed by atoms with Gasteiger partial charge in [-0.2, -0.15) is 5.10 Å². The Morgan fingerprint density at radius 2 is 2.12 bits per heavy atom. The van der Waals surface area contributed by atoms with Gasteiger partial charge in [0, 0.05) is 17.2 Å². The van der Waals surface area contributed by atoms with Crippen LogP contribution in [0, 0.1) is 12.8 Å². The Kier molecular flexibility index (Phi) is 5.59. The summed E-state index contributed by atoms with van der Waals surface area (Å²) in [6, 6.07) is 8.55. The van der Waals surface area contributed by atoms with Crippen molar-refractivity contribution < 1.29 is 0 Å². The smallest absolute Gasteiger partial charge is 0.206 e. The predicted octanol–water partition coefficient (Wildman–Crippen LogP) is 4.80. The van der Waals surface area contributed by atoms with Crippen molar-refractivity contribution in [2.24, 2.45) is 16.0 Å². The van der Waals surface area contributed by atoms with E-state index in [0.29, 0.717) is 12.5 Å². The van der Waals surface area contributed by atoms with Crippen molar-refractivity contribution in [1.29, 1.82) is 0 Å². The lowest BCUT2D eigenvalue weighted by Crippen LogP contribution is -2.14. The van der Waals surface area contributed by atoms with Gasteiger partial charge in [-0.1, -0.05) is 48.1 Å². The molecule has 0 fully saturated rings. The van der Waals surface area contributed by atoms with Crippen molar-refractivity contribution in [3.05, 3.63) is 64.8 Å². The number of aromatic nitrogens is 1. The summed E-state index contributed by atoms with van der Waals surface area (Å²) in [5.74, 6) is 0.514. The lowest BCUT2D eigenvalue weighted by molar-refractivity contribution is 0.621. The minimum Gasteiger partial charge on any atom is -0.253 e. The Labute approximate surface area is 147 Å². The van der Waals surface area contributed by atoms with E-state index < -0.39 is 0 Å². The molecular formula is C20H23N3S. The average Bonchev–Trinajstić information content (AvgIpc) is 3.02. The third-order valence-electron chi connectivity index (χ3n) is 4.09. The molecule has 0 bridgehead atoms. The summed E-state index contributed by atoms with van der Waals surface area (Å²) in [6.07, 6.45) is 11.8. The molecule has 2 aromatic rings. The normalized spacial score (nSPS) is 18.4. The van der Waals surface area contributed by atoms with Crippen molar-refractivity contribution >= 4 is 17.6 Å². The summed E-state index contributed by atoms with van der Waals surface area (Å²) >= 11 is 1.62. The summed E-state index contributed by atoms with van der Waals surface area (Å²) < 4.78 is 1.97. The van der Waals surface area contributed by atoms with E-state index in [1.807, 2.05) is 10.8 Å². The summed E-state index contributed by atoms with van der Waals surface area (Å²) in [6.45, 7) is 6.46. The first-order valence-corrected chi connectivity index (χ1v) is 9.24. The minimum atomic E-state index is 0.514. The SMILES string of the molecule is C=CCN=c1scc(-c2ccc(C)cc2)n1N=CC1CC=CCC1. The van der Waals surface area contributed by atoms with E-state index in [4.69, 9.17) is 5.10 Å². The number of rotatable bonds is 5. The molecule has 24 heavy (non-hydrogen) atoms. The Bertz CT molecular complexity index is 806. The average molecular weight is 337 g/mol. The van der Waals surface area contributed by atoms with Crippen molar-refractivity contribution in [3.63, 3.8) is 0 Å². The van der Waals surface area contributed by atoms with Crippen LogP contribution >= 0.6 is 11.3 Å². The van der Waals surface area contributed by atoms with Gasteiger partial charge in [0.25, 0.3) is 0 Å². The second kappa shape index (κ2) is 8.06. The van der Waals surface area contributed by atoms with Crippen LogP contribution in [0.1, 0.15) is 24.8 Å². The molecule has 124 valence electrons. The van der Waals surface area contributed by atoms with Gasteiger partial charge in [0.15, 0.2) is 0 Å². The maximum Gasteiger partial charge on any atom is 0.206 e. The van der Waals surface area contributed by atoms with Gasteiger partial charge in [-0.15, -0.1) is 17.9 Å². The van der Waals surface area contributed by atoms with E-state index in [9.17, 15) is 0 Å². The first-order chi connectivity index (χ1) is 11.8. The molecule has 3 nitrogen and oxygen atoms in total. The van der Waals surface area contributed by atoms with Crippen LogP contribution in [-0.2, 0) is 0 Å². The van der Waals surface area contributed by atoms with Gasteiger partial charge in [-0.05, 0) is 32.1 Å². The highest BCUT2D eigenvalue weighted by Gasteiger charge is 2.10. The molecule has 0 saturated heterocycles. The van der Waals surface area contributed by atoms with Crippen LogP contribution in [-0.4, -0.2) is 17.4 Å². The largest absolute Gasteiger partial charge is 0.253 e. The van der Waals surface area contributed by atoms with Crippen LogP contribution in [0.25, 0.3) is 11.3 Å². The first kappa shape index (κ1) is 16.7. The van der Waals surface area contributed by atoms with Crippen molar-refractivity contribution in [3.8, 4) is 11.3 Å². The van der Waals surface area contributed by atoms with E-state index in [1.54, 1.807) is 11.3 Å². The highest BCUT2D eigenvalue weighted by Crippen LogP contribution is 2.21. The lowest BCUT2D eigenvalue weighted by atomic mass is 9.96. The maximum atomic E-state index is 4.78. The molecule has 1 heterocycles. The van der Waals surface area contributed by atoms with Gasteiger partial charge in [0.1, 0.15) is 0 Å². The summed E-state index contributed by atoms with van der Waals surface area (Å²) in [5, 5.41) is 6.91. The zero-order chi connectivity index (χ0) is 16.8. The Balaban J connectivity index is 1.98. The van der Waals surface area contributed by atoms with Gasteiger partial charge >= 0.3 is 0 Å². The fourth-order valence-corrected chi connectivity index (χ4v) is 3.55. The molecule has 0 N–H and O–H groups in total. The fraction of sp³-hybridized carbons (Fsp3) is 0.300. The third kappa shape index (κ3) is 4.01. The Hall–Kier alpha value is -2.20. The monoisotopic (exact) mass is 337 g/mol. The van der Waals surface area contributed by atoms with E-state index in [1.165, 1.54) is 12.0 Å². The van der Waals surface area contributed by atoms with Crippen LogP contribution in [0.15, 0.2) is 64.5 Å². The van der Waals surface area contributed by atoms with Crippen molar-refractivity contribution in [2.45, 2.75) is 26.2 Å². The molecule has 0 aliphatic heterocycles. The molecule has 4 heteroatoms. The van der Waals surface area contributed by atoms with E-state index in [0.717, 1.165) is 28.9 Å². The Morgan fingerprint density at radius 3 is 2.83 bits per heavy atom. The number of allylic oxidation sites excluding steroid dienone is 2. The quantitative estimate of drug-likeness (QED) is 0.554. The van der Waals surface area contributed by atoms with Crippen molar-refractivity contribution in [1.82, 2.24) is 4.68 Å². The highest BCUT2D eigenvalue weighted by molar-refractivity contribution is 7.07. The molecule has 0 amide bonds. The molecule has 1 aliphatic rings. The molecule has 1 unspecified atom stereocenters. The molecule has 1 atom stereocenters. The van der Waals surface area contributed by atoms with E-state index >= 15 is 0 Å². The van der Waals surface area contributed by atoms with Crippen LogP contribution < -0.4 is 4.80 Å². The van der Waals surface area contributed by atoms with Crippen LogP contribution in [0.3, 0.4) is 0 Å². The molecule has 1 aromatic carbocycles. The Morgan fingerprint density at radius 1 is 1.29 bits per heavy atom. The van der Waals surface area contributed by atoms with Crippen molar-refractivity contribution in [2.75, 3.05) is 6.54 Å². The van der Waals surface area contributed by atoms with Gasteiger partial charge in [-0.25, -0.2) is 4.68 Å². The number of hydrogen-bond donors (Lipinski definition) is 0. The molecule has 0 spiro atoms. The third-order valence-corrected chi connectivity index (χ3v) is 4.94. The van der Waals surface area contributed by atoms with E-state index in [2.05, 4.69) is 66.5 Å². The van der Waals surface area contributed by atoms with Gasteiger partial charge in [0.05, 0.1) is 12.2 Å². The van der Waals surface area contributed by atoms with Gasteiger partial charge < -0.3 is 0 Å².